The molecular formula is C14H17N5O2. The average molecular weight is 287 g/mol. The standard InChI is InChI=1S/C14H17N5O2/c1-10-11(13-16-3-4-17-13)19(14(21)12(10)20)7-2-6-18-8-5-15-9-18/h3-5,8-11H,2,6-7H2,1H3,(H,16,17). The van der Waals surface area contributed by atoms with Crippen LogP contribution in [0.15, 0.2) is 31.1 Å². The molecule has 2 unspecified atom stereocenters. The Morgan fingerprint density at radius 2 is 2.14 bits per heavy atom. The number of aromatic amines is 1. The number of rotatable bonds is 5. The average Bonchev–Trinajstić information content (AvgIpc) is 3.20. The van der Waals surface area contributed by atoms with Crippen LogP contribution >= 0.6 is 0 Å². The summed E-state index contributed by atoms with van der Waals surface area (Å²) in [5.41, 5.74) is 0. The van der Waals surface area contributed by atoms with E-state index in [2.05, 4.69) is 15.0 Å². The van der Waals surface area contributed by atoms with E-state index in [4.69, 9.17) is 0 Å². The highest BCUT2D eigenvalue weighted by atomic mass is 16.2. The number of H-pyrrole nitrogens is 1. The summed E-state index contributed by atoms with van der Waals surface area (Å²) in [4.78, 5) is 36.9. The number of ketones is 1. The van der Waals surface area contributed by atoms with E-state index in [-0.39, 0.29) is 17.7 Å². The molecule has 0 bridgehead atoms. The molecule has 2 atom stereocenters. The maximum absolute atomic E-state index is 12.1. The summed E-state index contributed by atoms with van der Waals surface area (Å²) in [5.74, 6) is -0.435. The lowest BCUT2D eigenvalue weighted by Gasteiger charge is -2.24. The van der Waals surface area contributed by atoms with Gasteiger partial charge in [-0.15, -0.1) is 0 Å². The number of likely N-dealkylation sites (tertiary alicyclic amines) is 1. The number of nitrogens with one attached hydrogen (secondary N) is 1. The summed E-state index contributed by atoms with van der Waals surface area (Å²) in [7, 11) is 0. The molecule has 3 rings (SSSR count). The predicted molar refractivity (Wildman–Crippen MR) is 74.1 cm³/mol. The third-order valence-corrected chi connectivity index (χ3v) is 3.87. The molecule has 3 heterocycles. The molecule has 0 saturated carbocycles. The quantitative estimate of drug-likeness (QED) is 0.824. The minimum Gasteiger partial charge on any atom is -0.347 e. The number of hydrogen-bond donors (Lipinski definition) is 1. The van der Waals surface area contributed by atoms with Crippen molar-refractivity contribution in [3.05, 3.63) is 36.9 Å². The molecule has 21 heavy (non-hydrogen) atoms. The summed E-state index contributed by atoms with van der Waals surface area (Å²) < 4.78 is 1.95. The topological polar surface area (TPSA) is 83.9 Å². The van der Waals surface area contributed by atoms with Gasteiger partial charge in [0.15, 0.2) is 0 Å². The van der Waals surface area contributed by atoms with Gasteiger partial charge in [0.25, 0.3) is 5.91 Å². The molecule has 7 nitrogen and oxygen atoms in total. The molecule has 0 radical (unpaired) electrons. The van der Waals surface area contributed by atoms with Crippen LogP contribution in [0, 0.1) is 5.92 Å². The van der Waals surface area contributed by atoms with E-state index in [1.807, 2.05) is 10.8 Å². The van der Waals surface area contributed by atoms with Crippen molar-refractivity contribution >= 4 is 11.7 Å². The number of hydrogen-bond acceptors (Lipinski definition) is 4. The minimum absolute atomic E-state index is 0.289. The van der Waals surface area contributed by atoms with Gasteiger partial charge in [0.1, 0.15) is 11.9 Å². The van der Waals surface area contributed by atoms with E-state index in [9.17, 15) is 9.59 Å². The second kappa shape index (κ2) is 5.51. The van der Waals surface area contributed by atoms with Crippen LogP contribution in [0.3, 0.4) is 0 Å². The third kappa shape index (κ3) is 2.46. The number of aryl methyl sites for hydroxylation is 1. The summed E-state index contributed by atoms with van der Waals surface area (Å²) in [5, 5.41) is 0. The number of nitrogens with zero attached hydrogens (tertiary/aromatic N) is 4. The molecule has 110 valence electrons. The van der Waals surface area contributed by atoms with Crippen molar-refractivity contribution in [2.45, 2.75) is 25.9 Å². The maximum atomic E-state index is 12.1. The Morgan fingerprint density at radius 1 is 1.29 bits per heavy atom. The van der Waals surface area contributed by atoms with Gasteiger partial charge in [-0.2, -0.15) is 0 Å². The first kappa shape index (κ1) is 13.5. The molecule has 1 N–H and O–H groups in total. The van der Waals surface area contributed by atoms with Crippen LogP contribution < -0.4 is 0 Å². The fourth-order valence-corrected chi connectivity index (χ4v) is 2.78. The zero-order chi connectivity index (χ0) is 14.8. The molecule has 0 aromatic carbocycles. The van der Waals surface area contributed by atoms with Gasteiger partial charge in [-0.1, -0.05) is 6.92 Å². The molecule has 1 aliphatic rings. The fourth-order valence-electron chi connectivity index (χ4n) is 2.78. The molecule has 2 aromatic heterocycles. The summed E-state index contributed by atoms with van der Waals surface area (Å²) >= 11 is 0. The number of carbonyl (C=O) groups is 2. The minimum atomic E-state index is -0.408. The van der Waals surface area contributed by atoms with E-state index in [1.54, 1.807) is 36.7 Å². The molecule has 1 amide bonds. The zero-order valence-corrected chi connectivity index (χ0v) is 11.8. The number of aromatic nitrogens is 4. The van der Waals surface area contributed by atoms with Crippen molar-refractivity contribution in [1.82, 2.24) is 24.4 Å². The van der Waals surface area contributed by atoms with Crippen molar-refractivity contribution in [3.8, 4) is 0 Å². The van der Waals surface area contributed by atoms with Gasteiger partial charge in [-0.25, -0.2) is 9.97 Å². The smallest absolute Gasteiger partial charge is 0.290 e. The Kier molecular flexibility index (Phi) is 3.55. The van der Waals surface area contributed by atoms with E-state index in [1.165, 1.54) is 0 Å². The molecule has 0 spiro atoms. The Bertz CT molecular complexity index is 620. The Hall–Kier alpha value is -2.44. The molecule has 1 saturated heterocycles. The largest absolute Gasteiger partial charge is 0.347 e. The summed E-state index contributed by atoms with van der Waals surface area (Å²) in [6.45, 7) is 3.07. The van der Waals surface area contributed by atoms with Gasteiger partial charge in [0.05, 0.1) is 12.2 Å². The fraction of sp³-hybridized carbons (Fsp3) is 0.429. The summed E-state index contributed by atoms with van der Waals surface area (Å²) in [6, 6.07) is -0.289. The van der Waals surface area contributed by atoms with Gasteiger partial charge >= 0.3 is 0 Å². The van der Waals surface area contributed by atoms with Crippen LogP contribution in [0.25, 0.3) is 0 Å². The van der Waals surface area contributed by atoms with Gasteiger partial charge < -0.3 is 14.5 Å². The van der Waals surface area contributed by atoms with Crippen molar-refractivity contribution in [3.63, 3.8) is 0 Å². The molecule has 7 heteroatoms. The van der Waals surface area contributed by atoms with E-state index in [0.29, 0.717) is 12.4 Å². The SMILES string of the molecule is CC1C(=O)C(=O)N(CCCn2ccnc2)C1c1ncc[nH]1. The first-order chi connectivity index (χ1) is 10.2. The monoisotopic (exact) mass is 287 g/mol. The zero-order valence-electron chi connectivity index (χ0n) is 11.8. The van der Waals surface area contributed by atoms with Crippen LogP contribution in [-0.4, -0.2) is 42.7 Å². The van der Waals surface area contributed by atoms with Crippen LogP contribution in [0.1, 0.15) is 25.2 Å². The Balaban J connectivity index is 1.71. The van der Waals surface area contributed by atoms with E-state index in [0.717, 1.165) is 13.0 Å². The third-order valence-electron chi connectivity index (χ3n) is 3.87. The van der Waals surface area contributed by atoms with Gasteiger partial charge in [-0.05, 0) is 6.42 Å². The molecule has 1 aliphatic heterocycles. The van der Waals surface area contributed by atoms with Crippen LogP contribution in [0.5, 0.6) is 0 Å². The lowest BCUT2D eigenvalue weighted by Crippen LogP contribution is -2.31. The van der Waals surface area contributed by atoms with Crippen molar-refractivity contribution < 1.29 is 9.59 Å². The van der Waals surface area contributed by atoms with Gasteiger partial charge in [-0.3, -0.25) is 9.59 Å². The molecule has 0 aliphatic carbocycles. The highest BCUT2D eigenvalue weighted by Gasteiger charge is 2.46. The lowest BCUT2D eigenvalue weighted by molar-refractivity contribution is -0.141. The van der Waals surface area contributed by atoms with Gasteiger partial charge in [0, 0.05) is 37.9 Å². The first-order valence-electron chi connectivity index (χ1n) is 6.98. The second-order valence-electron chi connectivity index (χ2n) is 5.22. The predicted octanol–water partition coefficient (Wildman–Crippen LogP) is 0.785. The maximum Gasteiger partial charge on any atom is 0.290 e. The normalized spacial score (nSPS) is 22.2. The molecule has 2 aromatic rings. The highest BCUT2D eigenvalue weighted by Crippen LogP contribution is 2.33. The number of amides is 1. The molecular weight excluding hydrogens is 270 g/mol. The first-order valence-corrected chi connectivity index (χ1v) is 6.98. The van der Waals surface area contributed by atoms with Crippen molar-refractivity contribution in [2.24, 2.45) is 5.92 Å². The molecule has 1 fully saturated rings. The second-order valence-corrected chi connectivity index (χ2v) is 5.22. The van der Waals surface area contributed by atoms with E-state index < -0.39 is 5.91 Å². The number of carbonyl (C=O) groups excluding carboxylic acids is 2. The van der Waals surface area contributed by atoms with Crippen LogP contribution in [0.4, 0.5) is 0 Å². The van der Waals surface area contributed by atoms with E-state index >= 15 is 0 Å². The Morgan fingerprint density at radius 3 is 2.81 bits per heavy atom. The van der Waals surface area contributed by atoms with Crippen LogP contribution in [-0.2, 0) is 16.1 Å². The highest BCUT2D eigenvalue weighted by molar-refractivity contribution is 6.39. The summed E-state index contributed by atoms with van der Waals surface area (Å²) in [6.07, 6.45) is 9.45. The number of Topliss-reactive ketones (excluding diaryl/α,β-unsaturated/α-hetero) is 1. The lowest BCUT2D eigenvalue weighted by atomic mass is 10.0. The Labute approximate surface area is 122 Å². The van der Waals surface area contributed by atoms with Crippen molar-refractivity contribution in [1.29, 1.82) is 0 Å². The van der Waals surface area contributed by atoms with Gasteiger partial charge in [0.2, 0.25) is 5.78 Å². The van der Waals surface area contributed by atoms with Crippen molar-refractivity contribution in [2.75, 3.05) is 6.54 Å². The number of imidazole rings is 2. The van der Waals surface area contributed by atoms with Crippen LogP contribution in [0.2, 0.25) is 0 Å².